The van der Waals surface area contributed by atoms with Crippen LogP contribution in [0.1, 0.15) is 20.8 Å². The molecule has 16 heavy (non-hydrogen) atoms. The molecule has 2 aromatic heterocycles. The summed E-state index contributed by atoms with van der Waals surface area (Å²) in [5.41, 5.74) is 0.571. The van der Waals surface area contributed by atoms with E-state index in [4.69, 9.17) is 12.2 Å². The van der Waals surface area contributed by atoms with Crippen molar-refractivity contribution in [1.82, 2.24) is 24.7 Å². The molecule has 0 atom stereocenters. The molecule has 0 bridgehead atoms. The minimum absolute atomic E-state index is 0.142. The molecule has 0 fully saturated rings. The maximum absolute atomic E-state index is 5.22. The van der Waals surface area contributed by atoms with Crippen molar-refractivity contribution >= 4 is 12.2 Å². The Kier molecular flexibility index (Phi) is 2.59. The Balaban J connectivity index is 2.64. The van der Waals surface area contributed by atoms with Gasteiger partial charge in [-0.2, -0.15) is 5.10 Å². The van der Waals surface area contributed by atoms with Crippen LogP contribution < -0.4 is 0 Å². The Bertz CT molecular complexity index is 534. The lowest BCUT2D eigenvalue weighted by atomic mass is 10.1. The molecule has 0 unspecified atom stereocenters. The van der Waals surface area contributed by atoms with E-state index >= 15 is 0 Å². The Hall–Kier alpha value is -1.56. The molecule has 0 aliphatic heterocycles. The van der Waals surface area contributed by atoms with E-state index in [0.717, 1.165) is 0 Å². The van der Waals surface area contributed by atoms with Gasteiger partial charge in [-0.05, 0) is 33.0 Å². The Morgan fingerprint density at radius 1 is 1.31 bits per heavy atom. The van der Waals surface area contributed by atoms with Gasteiger partial charge in [-0.15, -0.1) is 0 Å². The minimum atomic E-state index is -0.142. The largest absolute Gasteiger partial charge is 0.293 e. The fourth-order valence-corrected chi connectivity index (χ4v) is 1.91. The predicted octanol–water partition coefficient (Wildman–Crippen LogP) is 2.15. The van der Waals surface area contributed by atoms with Crippen molar-refractivity contribution < 1.29 is 0 Å². The van der Waals surface area contributed by atoms with Crippen molar-refractivity contribution in [2.45, 2.75) is 26.3 Å². The van der Waals surface area contributed by atoms with Crippen molar-refractivity contribution in [3.8, 4) is 11.5 Å². The van der Waals surface area contributed by atoms with E-state index < -0.39 is 0 Å². The van der Waals surface area contributed by atoms with Crippen molar-refractivity contribution in [3.63, 3.8) is 0 Å². The molecule has 2 rings (SSSR count). The summed E-state index contributed by atoms with van der Waals surface area (Å²) < 4.78 is 2.53. The maximum Gasteiger partial charge on any atom is 0.195 e. The van der Waals surface area contributed by atoms with Gasteiger partial charge in [0.1, 0.15) is 5.69 Å². The van der Waals surface area contributed by atoms with E-state index in [1.807, 2.05) is 4.57 Å². The first-order valence-electron chi connectivity index (χ1n) is 4.94. The number of aromatic amines is 1. The van der Waals surface area contributed by atoms with Gasteiger partial charge in [0.25, 0.3) is 0 Å². The molecular weight excluding hydrogens is 222 g/mol. The molecular formula is C10H13N5S. The minimum Gasteiger partial charge on any atom is -0.293 e. The third kappa shape index (κ3) is 1.88. The smallest absolute Gasteiger partial charge is 0.195 e. The van der Waals surface area contributed by atoms with Gasteiger partial charge in [-0.3, -0.25) is 14.6 Å². The fourth-order valence-electron chi connectivity index (χ4n) is 1.51. The van der Waals surface area contributed by atoms with E-state index in [1.54, 1.807) is 18.6 Å². The van der Waals surface area contributed by atoms with E-state index in [9.17, 15) is 0 Å². The molecule has 0 saturated heterocycles. The summed E-state index contributed by atoms with van der Waals surface area (Å²) in [4.78, 5) is 8.25. The Labute approximate surface area is 98.6 Å². The Morgan fingerprint density at radius 3 is 2.62 bits per heavy atom. The number of hydrogen-bond acceptors (Lipinski definition) is 4. The third-order valence-electron chi connectivity index (χ3n) is 2.14. The molecule has 6 heteroatoms. The zero-order chi connectivity index (χ0) is 11.8. The highest BCUT2D eigenvalue weighted by Gasteiger charge is 2.20. The average molecular weight is 235 g/mol. The molecule has 5 nitrogen and oxygen atoms in total. The van der Waals surface area contributed by atoms with Crippen LogP contribution >= 0.6 is 12.2 Å². The number of aromatic nitrogens is 5. The van der Waals surface area contributed by atoms with Crippen LogP contribution in [0.25, 0.3) is 11.5 Å². The van der Waals surface area contributed by atoms with Gasteiger partial charge >= 0.3 is 0 Å². The number of rotatable bonds is 1. The van der Waals surface area contributed by atoms with Crippen LogP contribution in [0.3, 0.4) is 0 Å². The highest BCUT2D eigenvalue weighted by Crippen LogP contribution is 2.22. The predicted molar refractivity (Wildman–Crippen MR) is 63.4 cm³/mol. The summed E-state index contributed by atoms with van der Waals surface area (Å²) in [5, 5.41) is 6.99. The van der Waals surface area contributed by atoms with Gasteiger partial charge in [-0.25, -0.2) is 4.98 Å². The number of H-pyrrole nitrogens is 1. The third-order valence-corrected chi connectivity index (χ3v) is 2.41. The van der Waals surface area contributed by atoms with Crippen molar-refractivity contribution in [2.24, 2.45) is 0 Å². The molecule has 2 aromatic rings. The zero-order valence-corrected chi connectivity index (χ0v) is 10.2. The van der Waals surface area contributed by atoms with E-state index in [2.05, 4.69) is 40.9 Å². The molecule has 2 heterocycles. The quantitative estimate of drug-likeness (QED) is 0.769. The first-order valence-corrected chi connectivity index (χ1v) is 5.35. The molecule has 0 aromatic carbocycles. The molecule has 84 valence electrons. The standard InChI is InChI=1S/C10H13N5S/c1-10(2,3)15-8(13-14-9(15)16)7-6-11-4-5-12-7/h4-6H,1-3H3,(H,14,16). The first kappa shape index (κ1) is 10.9. The van der Waals surface area contributed by atoms with Gasteiger partial charge in [-0.1, -0.05) is 0 Å². The van der Waals surface area contributed by atoms with Crippen LogP contribution in [0.2, 0.25) is 0 Å². The first-order chi connectivity index (χ1) is 7.50. The second-order valence-corrected chi connectivity index (χ2v) is 4.84. The van der Waals surface area contributed by atoms with E-state index in [0.29, 0.717) is 16.3 Å². The summed E-state index contributed by atoms with van der Waals surface area (Å²) >= 11 is 5.22. The average Bonchev–Trinajstić information content (AvgIpc) is 2.61. The summed E-state index contributed by atoms with van der Waals surface area (Å²) in [6, 6.07) is 0. The normalized spacial score (nSPS) is 11.7. The topological polar surface area (TPSA) is 59.4 Å². The lowest BCUT2D eigenvalue weighted by Gasteiger charge is -2.21. The van der Waals surface area contributed by atoms with E-state index in [-0.39, 0.29) is 5.54 Å². The Morgan fingerprint density at radius 2 is 2.06 bits per heavy atom. The highest BCUT2D eigenvalue weighted by atomic mass is 32.1. The summed E-state index contributed by atoms with van der Waals surface area (Å²) in [7, 11) is 0. The zero-order valence-electron chi connectivity index (χ0n) is 9.43. The maximum atomic E-state index is 5.22. The van der Waals surface area contributed by atoms with Gasteiger partial charge in [0.2, 0.25) is 0 Å². The van der Waals surface area contributed by atoms with Crippen LogP contribution in [0.4, 0.5) is 0 Å². The molecule has 1 N–H and O–H groups in total. The molecule has 0 aliphatic carbocycles. The second kappa shape index (κ2) is 3.79. The van der Waals surface area contributed by atoms with Crippen LogP contribution in [0, 0.1) is 4.77 Å². The van der Waals surface area contributed by atoms with Gasteiger partial charge < -0.3 is 0 Å². The van der Waals surface area contributed by atoms with Crippen LogP contribution in [0.5, 0.6) is 0 Å². The monoisotopic (exact) mass is 235 g/mol. The number of nitrogens with one attached hydrogen (secondary N) is 1. The van der Waals surface area contributed by atoms with E-state index in [1.165, 1.54) is 0 Å². The second-order valence-electron chi connectivity index (χ2n) is 4.45. The molecule has 0 saturated carbocycles. The van der Waals surface area contributed by atoms with Crippen LogP contribution in [-0.4, -0.2) is 24.7 Å². The summed E-state index contributed by atoms with van der Waals surface area (Å²) in [5.74, 6) is 0.714. The van der Waals surface area contributed by atoms with Crippen LogP contribution in [-0.2, 0) is 5.54 Å². The fraction of sp³-hybridized carbons (Fsp3) is 0.400. The van der Waals surface area contributed by atoms with Crippen LogP contribution in [0.15, 0.2) is 18.6 Å². The van der Waals surface area contributed by atoms with Gasteiger partial charge in [0.15, 0.2) is 10.6 Å². The molecule has 0 radical (unpaired) electrons. The summed E-state index contributed by atoms with van der Waals surface area (Å²) in [6.07, 6.45) is 4.94. The molecule has 0 spiro atoms. The SMILES string of the molecule is CC(C)(C)n1c(-c2cnccn2)n[nH]c1=S. The van der Waals surface area contributed by atoms with Gasteiger partial charge in [0.05, 0.1) is 6.20 Å². The van der Waals surface area contributed by atoms with Crippen molar-refractivity contribution in [3.05, 3.63) is 23.4 Å². The van der Waals surface area contributed by atoms with Crippen molar-refractivity contribution in [2.75, 3.05) is 0 Å². The lowest BCUT2D eigenvalue weighted by Crippen LogP contribution is -2.23. The molecule has 0 amide bonds. The highest BCUT2D eigenvalue weighted by molar-refractivity contribution is 7.71. The summed E-state index contributed by atoms with van der Waals surface area (Å²) in [6.45, 7) is 6.20. The number of nitrogens with zero attached hydrogens (tertiary/aromatic N) is 4. The van der Waals surface area contributed by atoms with Crippen molar-refractivity contribution in [1.29, 1.82) is 0 Å². The lowest BCUT2D eigenvalue weighted by molar-refractivity contribution is 0.395. The number of hydrogen-bond donors (Lipinski definition) is 1. The molecule has 0 aliphatic rings. The van der Waals surface area contributed by atoms with Gasteiger partial charge in [0, 0.05) is 17.9 Å².